The number of aliphatic hydroxyl groups is 1. The number of aliphatic hydroxyl groups excluding tert-OH is 1. The van der Waals surface area contributed by atoms with E-state index in [2.05, 4.69) is 18.7 Å². The molecule has 0 aliphatic carbocycles. The maximum absolute atomic E-state index is 13.0. The van der Waals surface area contributed by atoms with E-state index in [4.69, 9.17) is 16.3 Å². The third kappa shape index (κ3) is 4.24. The number of thiophene rings is 1. The summed E-state index contributed by atoms with van der Waals surface area (Å²) in [5.74, 6) is -1.05. The molecule has 1 unspecified atom stereocenters. The van der Waals surface area contributed by atoms with Crippen LogP contribution >= 0.6 is 22.9 Å². The summed E-state index contributed by atoms with van der Waals surface area (Å²) in [7, 11) is 1.50. The Labute approximate surface area is 185 Å². The van der Waals surface area contributed by atoms with E-state index >= 15 is 0 Å². The van der Waals surface area contributed by atoms with Crippen molar-refractivity contribution in [3.05, 3.63) is 56.7 Å². The highest BCUT2D eigenvalue weighted by atomic mass is 35.5. The van der Waals surface area contributed by atoms with Crippen molar-refractivity contribution in [3.63, 3.8) is 0 Å². The molecule has 1 amide bonds. The molecule has 1 fully saturated rings. The van der Waals surface area contributed by atoms with Gasteiger partial charge in [-0.05, 0) is 42.7 Å². The zero-order valence-corrected chi connectivity index (χ0v) is 18.8. The van der Waals surface area contributed by atoms with Crippen LogP contribution in [0, 0.1) is 0 Å². The van der Waals surface area contributed by atoms with Crippen LogP contribution in [0.2, 0.25) is 5.02 Å². The molecule has 30 heavy (non-hydrogen) atoms. The lowest BCUT2D eigenvalue weighted by Crippen LogP contribution is -2.37. The van der Waals surface area contributed by atoms with Gasteiger partial charge in [-0.25, -0.2) is 0 Å². The highest BCUT2D eigenvalue weighted by molar-refractivity contribution is 7.10. The molecule has 8 heteroatoms. The van der Waals surface area contributed by atoms with Crippen molar-refractivity contribution in [3.8, 4) is 5.75 Å². The van der Waals surface area contributed by atoms with Gasteiger partial charge in [-0.3, -0.25) is 9.59 Å². The number of benzene rings is 1. The third-order valence-electron chi connectivity index (χ3n) is 5.33. The molecule has 1 saturated heterocycles. The van der Waals surface area contributed by atoms with E-state index < -0.39 is 17.7 Å². The van der Waals surface area contributed by atoms with Crippen LogP contribution < -0.4 is 4.74 Å². The summed E-state index contributed by atoms with van der Waals surface area (Å²) in [4.78, 5) is 30.4. The lowest BCUT2D eigenvalue weighted by atomic mass is 10.00. The molecular weight excluding hydrogens is 424 g/mol. The van der Waals surface area contributed by atoms with E-state index in [-0.39, 0.29) is 11.3 Å². The third-order valence-corrected chi connectivity index (χ3v) is 6.55. The van der Waals surface area contributed by atoms with Crippen LogP contribution in [0.4, 0.5) is 0 Å². The lowest BCUT2D eigenvalue weighted by molar-refractivity contribution is -0.140. The van der Waals surface area contributed by atoms with Crippen LogP contribution in [0.5, 0.6) is 5.75 Å². The van der Waals surface area contributed by atoms with Gasteiger partial charge in [-0.2, -0.15) is 0 Å². The molecular formula is C22H25ClN2O4S. The number of rotatable bonds is 8. The second-order valence-corrected chi connectivity index (χ2v) is 8.27. The van der Waals surface area contributed by atoms with Crippen molar-refractivity contribution in [2.24, 2.45) is 0 Å². The van der Waals surface area contributed by atoms with Crippen molar-refractivity contribution in [2.75, 3.05) is 33.3 Å². The molecule has 2 aromatic rings. The quantitative estimate of drug-likeness (QED) is 0.373. The monoisotopic (exact) mass is 448 g/mol. The Balaban J connectivity index is 2.05. The van der Waals surface area contributed by atoms with Crippen LogP contribution in [0.1, 0.15) is 30.3 Å². The molecule has 1 aliphatic heterocycles. The summed E-state index contributed by atoms with van der Waals surface area (Å²) in [5.41, 5.74) is 0.451. The number of likely N-dealkylation sites (tertiary alicyclic amines) is 1. The number of halogens is 1. The van der Waals surface area contributed by atoms with Gasteiger partial charge in [0.2, 0.25) is 0 Å². The predicted octanol–water partition coefficient (Wildman–Crippen LogP) is 4.17. The van der Waals surface area contributed by atoms with Gasteiger partial charge < -0.3 is 19.6 Å². The van der Waals surface area contributed by atoms with E-state index in [1.54, 1.807) is 17.0 Å². The van der Waals surface area contributed by atoms with Crippen molar-refractivity contribution >= 4 is 40.4 Å². The number of carbonyl (C=O) groups is 2. The lowest BCUT2D eigenvalue weighted by Gasteiger charge is -2.27. The van der Waals surface area contributed by atoms with Crippen LogP contribution in [-0.4, -0.2) is 59.9 Å². The van der Waals surface area contributed by atoms with Crippen molar-refractivity contribution in [1.82, 2.24) is 9.80 Å². The SMILES string of the molecule is CCN(CC)CCN1C(=O)C(=O)/C(=C(\O)c2ccc(OC)c(Cl)c2)C1c1cccs1. The number of methoxy groups -OCH3 is 1. The minimum absolute atomic E-state index is 0.0863. The number of amides is 1. The number of Topliss-reactive ketones (excluding diaryl/α,β-unsaturated/α-hetero) is 1. The molecule has 0 saturated carbocycles. The Hall–Kier alpha value is -2.35. The highest BCUT2D eigenvalue weighted by Crippen LogP contribution is 2.41. The Kier molecular flexibility index (Phi) is 7.18. The summed E-state index contributed by atoms with van der Waals surface area (Å²) >= 11 is 7.65. The topological polar surface area (TPSA) is 70.1 Å². The summed E-state index contributed by atoms with van der Waals surface area (Å²) in [6.45, 7) is 6.87. The molecule has 3 rings (SSSR count). The van der Waals surface area contributed by atoms with Gasteiger partial charge in [0.25, 0.3) is 11.7 Å². The van der Waals surface area contributed by atoms with Crippen LogP contribution in [0.25, 0.3) is 5.76 Å². The Morgan fingerprint density at radius 3 is 2.57 bits per heavy atom. The molecule has 0 spiro atoms. The van der Waals surface area contributed by atoms with E-state index in [1.165, 1.54) is 24.5 Å². The number of ketones is 1. The fraction of sp³-hybridized carbons (Fsp3) is 0.364. The van der Waals surface area contributed by atoms with Gasteiger partial charge >= 0.3 is 0 Å². The Morgan fingerprint density at radius 2 is 2.00 bits per heavy atom. The van der Waals surface area contributed by atoms with Crippen LogP contribution in [0.3, 0.4) is 0 Å². The van der Waals surface area contributed by atoms with Gasteiger partial charge in [0.05, 0.1) is 23.7 Å². The molecule has 1 N–H and O–H groups in total. The standard InChI is InChI=1S/C22H25ClN2O4S/c1-4-24(5-2)10-11-25-19(17-7-6-12-30-17)18(21(27)22(25)28)20(26)14-8-9-16(29-3)15(23)13-14/h6-9,12-13,19,26H,4-5,10-11H2,1-3H3/b20-18-. The molecule has 1 aliphatic rings. The van der Waals surface area contributed by atoms with Crippen LogP contribution in [0.15, 0.2) is 41.3 Å². The first-order valence-corrected chi connectivity index (χ1v) is 11.1. The predicted molar refractivity (Wildman–Crippen MR) is 119 cm³/mol. The first-order valence-electron chi connectivity index (χ1n) is 9.80. The Morgan fingerprint density at radius 1 is 1.27 bits per heavy atom. The van der Waals surface area contributed by atoms with Crippen molar-refractivity contribution in [2.45, 2.75) is 19.9 Å². The molecule has 2 heterocycles. The van der Waals surface area contributed by atoms with Crippen molar-refractivity contribution in [1.29, 1.82) is 0 Å². The molecule has 1 aromatic carbocycles. The first kappa shape index (κ1) is 22.3. The average molecular weight is 449 g/mol. The van der Waals surface area contributed by atoms with Gasteiger partial charge in [0, 0.05) is 23.5 Å². The number of nitrogens with zero attached hydrogens (tertiary/aromatic N) is 2. The van der Waals surface area contributed by atoms with E-state index in [9.17, 15) is 14.7 Å². The molecule has 0 bridgehead atoms. The maximum Gasteiger partial charge on any atom is 0.295 e. The zero-order valence-electron chi connectivity index (χ0n) is 17.2. The fourth-order valence-corrected chi connectivity index (χ4v) is 4.71. The van der Waals surface area contributed by atoms with Gasteiger partial charge in [-0.1, -0.05) is 31.5 Å². The summed E-state index contributed by atoms with van der Waals surface area (Å²) < 4.78 is 5.15. The van der Waals surface area contributed by atoms with Crippen molar-refractivity contribution < 1.29 is 19.4 Å². The number of hydrogen-bond donors (Lipinski definition) is 1. The summed E-state index contributed by atoms with van der Waals surface area (Å²) in [5, 5.41) is 13.2. The first-order chi connectivity index (χ1) is 14.4. The van der Waals surface area contributed by atoms with E-state index in [1.807, 2.05) is 17.5 Å². The number of ether oxygens (including phenoxy) is 1. The Bertz CT molecular complexity index is 954. The zero-order chi connectivity index (χ0) is 21.8. The van der Waals surface area contributed by atoms with E-state index in [0.717, 1.165) is 18.0 Å². The van der Waals surface area contributed by atoms with Gasteiger partial charge in [0.15, 0.2) is 0 Å². The van der Waals surface area contributed by atoms with Gasteiger partial charge in [0.1, 0.15) is 11.5 Å². The molecule has 1 atom stereocenters. The molecule has 160 valence electrons. The highest BCUT2D eigenvalue weighted by Gasteiger charge is 2.46. The minimum Gasteiger partial charge on any atom is -0.507 e. The fourth-order valence-electron chi connectivity index (χ4n) is 3.61. The molecule has 0 radical (unpaired) electrons. The molecule has 1 aromatic heterocycles. The normalized spacial score (nSPS) is 18.4. The number of carbonyl (C=O) groups excluding carboxylic acids is 2. The second kappa shape index (κ2) is 9.64. The van der Waals surface area contributed by atoms with Gasteiger partial charge in [-0.15, -0.1) is 11.3 Å². The van der Waals surface area contributed by atoms with Crippen LogP contribution in [-0.2, 0) is 9.59 Å². The molecule has 6 nitrogen and oxygen atoms in total. The summed E-state index contributed by atoms with van der Waals surface area (Å²) in [6.07, 6.45) is 0. The average Bonchev–Trinajstić information content (AvgIpc) is 3.36. The summed E-state index contributed by atoms with van der Waals surface area (Å²) in [6, 6.07) is 7.89. The smallest absolute Gasteiger partial charge is 0.295 e. The number of likely N-dealkylation sites (N-methyl/N-ethyl adjacent to an activating group) is 1. The second-order valence-electron chi connectivity index (χ2n) is 6.88. The largest absolute Gasteiger partial charge is 0.507 e. The van der Waals surface area contributed by atoms with E-state index in [0.29, 0.717) is 29.4 Å². The minimum atomic E-state index is -0.683. The maximum atomic E-state index is 13.0. The number of hydrogen-bond acceptors (Lipinski definition) is 6.